The average Bonchev–Trinajstić information content (AvgIpc) is 0. The molecule has 0 saturated heterocycles. The summed E-state index contributed by atoms with van der Waals surface area (Å²) in [5.41, 5.74) is 0. The van der Waals surface area contributed by atoms with Crippen molar-refractivity contribution >= 4 is 40.4 Å². The molecule has 0 aliphatic rings. The van der Waals surface area contributed by atoms with Crippen LogP contribution in [0.5, 0.6) is 0 Å². The van der Waals surface area contributed by atoms with E-state index in [-0.39, 0.29) is 96.9 Å². The largest absolute Gasteiger partial charge is 2.00 e. The van der Waals surface area contributed by atoms with Crippen molar-refractivity contribution in [2.45, 2.75) is 0 Å². The predicted octanol–water partition coefficient (Wildman–Crippen LogP) is -1.35. The van der Waals surface area contributed by atoms with Crippen molar-refractivity contribution in [3.05, 3.63) is 0 Å². The normalized spacial score (nSPS) is 0. The zero-order valence-corrected chi connectivity index (χ0v) is 8.60. The van der Waals surface area contributed by atoms with Crippen LogP contribution < -0.4 is 0 Å². The molecule has 0 rings (SSSR count). The maximum atomic E-state index is 0. The fraction of sp³-hybridized carbons (Fsp3) is 0. The van der Waals surface area contributed by atoms with Gasteiger partial charge in [0.1, 0.15) is 0 Å². The molecule has 2 radical (unpaired) electrons. The molecular formula is H5AlCuMgMnZn. The SMILES string of the molecule is [AlH3].[Cu].[H-].[H-].[Mg+2].[Mn].[Zn]. The summed E-state index contributed by atoms with van der Waals surface area (Å²) in [6, 6.07) is 0. The molecule has 0 aromatic rings. The van der Waals surface area contributed by atoms with Crippen molar-refractivity contribution < 1.29 is 56.5 Å². The summed E-state index contributed by atoms with van der Waals surface area (Å²) in [6.45, 7) is 0. The first-order chi connectivity index (χ1) is 0. The van der Waals surface area contributed by atoms with E-state index in [0.29, 0.717) is 0 Å². The van der Waals surface area contributed by atoms with E-state index in [1.54, 1.807) is 0 Å². The Bertz CT molecular complexity index is 17.7. The topological polar surface area (TPSA) is 0 Å². The molecular weight excluding hydrogens is 235 g/mol. The Balaban J connectivity index is 0. The zero-order valence-electron chi connectivity index (χ0n) is 4.09. The molecule has 30 valence electrons. The molecule has 5 heteroatoms. The molecule has 0 unspecified atom stereocenters. The molecule has 0 fully saturated rings. The monoisotopic (exact) mass is 238 g/mol. The van der Waals surface area contributed by atoms with Gasteiger partial charge in [0, 0.05) is 53.6 Å². The van der Waals surface area contributed by atoms with Gasteiger partial charge in [-0.25, -0.2) is 0 Å². The van der Waals surface area contributed by atoms with E-state index >= 15 is 0 Å². The minimum absolute atomic E-state index is 0. The van der Waals surface area contributed by atoms with E-state index in [0.717, 1.165) is 0 Å². The first kappa shape index (κ1) is 44.0. The predicted molar refractivity (Wildman–Crippen MR) is 17.9 cm³/mol. The number of hydrogen-bond donors (Lipinski definition) is 0. The Kier molecular flexibility index (Phi) is 248. The van der Waals surface area contributed by atoms with Crippen LogP contribution in [0.3, 0.4) is 0 Å². The second-order valence-corrected chi connectivity index (χ2v) is 0. The Hall–Kier alpha value is 2.96. The molecule has 0 saturated carbocycles. The molecule has 5 heavy (non-hydrogen) atoms. The van der Waals surface area contributed by atoms with E-state index in [4.69, 9.17) is 0 Å². The second kappa shape index (κ2) is 28.2. The summed E-state index contributed by atoms with van der Waals surface area (Å²) in [5, 5.41) is 0. The maximum absolute atomic E-state index is 0. The van der Waals surface area contributed by atoms with E-state index in [2.05, 4.69) is 0 Å². The van der Waals surface area contributed by atoms with Crippen LogP contribution in [-0.4, -0.2) is 40.4 Å². The summed E-state index contributed by atoms with van der Waals surface area (Å²) in [6.07, 6.45) is 0. The third kappa shape index (κ3) is 19.5. The summed E-state index contributed by atoms with van der Waals surface area (Å²) in [4.78, 5) is 0. The van der Waals surface area contributed by atoms with Gasteiger partial charge in [-0.2, -0.15) is 0 Å². The first-order valence-corrected chi connectivity index (χ1v) is 0. The van der Waals surface area contributed by atoms with Crippen LogP contribution in [0.4, 0.5) is 0 Å². The maximum Gasteiger partial charge on any atom is 2.00 e. The quantitative estimate of drug-likeness (QED) is 0.459. The van der Waals surface area contributed by atoms with Gasteiger partial charge < -0.3 is 2.85 Å². The fourth-order valence-corrected chi connectivity index (χ4v) is 0. The molecule has 0 aliphatic carbocycles. The van der Waals surface area contributed by atoms with Crippen LogP contribution in [0.2, 0.25) is 0 Å². The summed E-state index contributed by atoms with van der Waals surface area (Å²) >= 11 is 0. The molecule has 0 heterocycles. The van der Waals surface area contributed by atoms with Crippen molar-refractivity contribution in [3.63, 3.8) is 0 Å². The average molecular weight is 240 g/mol. The van der Waals surface area contributed by atoms with Crippen molar-refractivity contribution in [2.75, 3.05) is 0 Å². The third-order valence-electron chi connectivity index (χ3n) is 0. The molecule has 0 spiro atoms. The van der Waals surface area contributed by atoms with E-state index in [9.17, 15) is 0 Å². The van der Waals surface area contributed by atoms with Crippen LogP contribution >= 0.6 is 0 Å². The zero-order chi connectivity index (χ0) is 0. The van der Waals surface area contributed by atoms with Crippen LogP contribution in [0.1, 0.15) is 2.85 Å². The third-order valence-corrected chi connectivity index (χ3v) is 0. The summed E-state index contributed by atoms with van der Waals surface area (Å²) < 4.78 is 0. The second-order valence-electron chi connectivity index (χ2n) is 0. The minimum atomic E-state index is 0. The molecule has 0 bridgehead atoms. The van der Waals surface area contributed by atoms with Gasteiger partial charge in [-0.05, 0) is 0 Å². The van der Waals surface area contributed by atoms with Gasteiger partial charge in [0.25, 0.3) is 0 Å². The molecule has 0 amide bonds. The van der Waals surface area contributed by atoms with Gasteiger partial charge >= 0.3 is 23.1 Å². The van der Waals surface area contributed by atoms with Crippen molar-refractivity contribution in [1.82, 2.24) is 0 Å². The Morgan fingerprint density at radius 2 is 1.20 bits per heavy atom. The number of rotatable bonds is 0. The van der Waals surface area contributed by atoms with Gasteiger partial charge in [-0.15, -0.1) is 0 Å². The Labute approximate surface area is 95.6 Å². The molecule has 0 N–H and O–H groups in total. The van der Waals surface area contributed by atoms with Gasteiger partial charge in [0.05, 0.1) is 0 Å². The Morgan fingerprint density at radius 3 is 1.20 bits per heavy atom. The van der Waals surface area contributed by atoms with Gasteiger partial charge in [0.2, 0.25) is 0 Å². The van der Waals surface area contributed by atoms with Crippen LogP contribution in [0.15, 0.2) is 0 Å². The van der Waals surface area contributed by atoms with Crippen molar-refractivity contribution in [3.8, 4) is 0 Å². The molecule has 0 nitrogen and oxygen atoms in total. The van der Waals surface area contributed by atoms with Crippen molar-refractivity contribution in [2.24, 2.45) is 0 Å². The van der Waals surface area contributed by atoms with Crippen molar-refractivity contribution in [1.29, 1.82) is 0 Å². The van der Waals surface area contributed by atoms with E-state index in [1.807, 2.05) is 0 Å². The van der Waals surface area contributed by atoms with Gasteiger partial charge in [-0.1, -0.05) is 0 Å². The van der Waals surface area contributed by atoms with E-state index in [1.165, 1.54) is 0 Å². The first-order valence-electron chi connectivity index (χ1n) is 0. The van der Waals surface area contributed by atoms with Crippen LogP contribution in [0, 0.1) is 0 Å². The number of hydrogen-bond acceptors (Lipinski definition) is 0. The molecule has 0 aromatic heterocycles. The van der Waals surface area contributed by atoms with Gasteiger partial charge in [-0.3, -0.25) is 0 Å². The molecule has 0 aromatic carbocycles. The molecule has 0 atom stereocenters. The smallest absolute Gasteiger partial charge is 1.00 e. The van der Waals surface area contributed by atoms with Crippen LogP contribution in [-0.2, 0) is 53.6 Å². The standard InChI is InChI=1S/Al.Cu.Mg.Mn.Zn.5H/q;;+2;;;;;;2*-1. The summed E-state index contributed by atoms with van der Waals surface area (Å²) in [7, 11) is 0. The minimum Gasteiger partial charge on any atom is -1.00 e. The molecule has 0 aliphatic heterocycles. The fourth-order valence-electron chi connectivity index (χ4n) is 0. The Morgan fingerprint density at radius 1 is 1.20 bits per heavy atom. The van der Waals surface area contributed by atoms with Gasteiger partial charge in [0.15, 0.2) is 17.4 Å². The van der Waals surface area contributed by atoms with E-state index < -0.39 is 0 Å². The summed E-state index contributed by atoms with van der Waals surface area (Å²) in [5.74, 6) is 0. The van der Waals surface area contributed by atoms with Crippen LogP contribution in [0.25, 0.3) is 0 Å².